The third-order valence-electron chi connectivity index (χ3n) is 9.78. The molecule has 51 heavy (non-hydrogen) atoms. The molecule has 7 nitrogen and oxygen atoms in total. The number of oxazole rings is 2. The minimum absolute atomic E-state index is 0.164. The second kappa shape index (κ2) is 11.1. The molecule has 1 aliphatic carbocycles. The fraction of sp³-hybridized carbons (Fsp3) is 0.0682. The van der Waals surface area contributed by atoms with Gasteiger partial charge in [0.15, 0.2) is 28.6 Å². The van der Waals surface area contributed by atoms with Gasteiger partial charge in [-0.1, -0.05) is 105 Å². The zero-order valence-electron chi connectivity index (χ0n) is 27.8. The van der Waals surface area contributed by atoms with Crippen LogP contribution in [0.15, 0.2) is 148 Å². The molecule has 3 heterocycles. The minimum atomic E-state index is -0.164. The first-order chi connectivity index (χ1) is 25.0. The van der Waals surface area contributed by atoms with Crippen molar-refractivity contribution in [1.29, 1.82) is 0 Å². The Labute approximate surface area is 293 Å². The molecule has 0 saturated heterocycles. The van der Waals surface area contributed by atoms with Crippen molar-refractivity contribution < 1.29 is 8.83 Å². The largest absolute Gasteiger partial charge is 0.436 e. The fourth-order valence-electron chi connectivity index (χ4n) is 7.19. The lowest BCUT2D eigenvalue weighted by atomic mass is 9.82. The van der Waals surface area contributed by atoms with Gasteiger partial charge in [0.25, 0.3) is 0 Å². The SMILES string of the molecule is CC1(C)c2ccccc2-c2ccc(-c3nc(-c4ccccc4)nc(-c4cc(-c5nc6ccccc6o5)cc(-c5nc6ccccc6o5)c4)n3)cc21. The molecule has 0 unspecified atom stereocenters. The Bertz CT molecular complexity index is 2640. The molecule has 3 aromatic heterocycles. The van der Waals surface area contributed by atoms with Crippen LogP contribution < -0.4 is 0 Å². The number of nitrogens with zero attached hydrogens (tertiary/aromatic N) is 5. The van der Waals surface area contributed by atoms with Crippen molar-refractivity contribution in [2.24, 2.45) is 0 Å². The van der Waals surface area contributed by atoms with Gasteiger partial charge in [0.1, 0.15) is 11.0 Å². The number of aromatic nitrogens is 5. The highest BCUT2D eigenvalue weighted by Gasteiger charge is 2.35. The molecule has 0 N–H and O–H groups in total. The Balaban J connectivity index is 1.18. The van der Waals surface area contributed by atoms with Crippen molar-refractivity contribution in [3.05, 3.63) is 151 Å². The van der Waals surface area contributed by atoms with E-state index in [1.165, 1.54) is 22.3 Å². The number of rotatable bonds is 5. The standard InChI is InChI=1S/C44H29N5O2/c1-44(2)33-15-7-6-14-31(33)32-21-20-27(25-34(32)44)40-47-39(26-12-4-3-5-13-26)48-41(49-40)28-22-29(42-45-35-16-8-10-18-37(35)50-42)24-30(23-28)43-46-36-17-9-11-19-38(36)51-43/h3-25H,1-2H3. The maximum Gasteiger partial charge on any atom is 0.227 e. The summed E-state index contributed by atoms with van der Waals surface area (Å²) in [5.41, 5.74) is 11.9. The van der Waals surface area contributed by atoms with Crippen molar-refractivity contribution in [3.63, 3.8) is 0 Å². The van der Waals surface area contributed by atoms with E-state index in [1.54, 1.807) is 0 Å². The van der Waals surface area contributed by atoms with Crippen LogP contribution in [0.2, 0.25) is 0 Å². The number of para-hydroxylation sites is 4. The minimum Gasteiger partial charge on any atom is -0.436 e. The molecular formula is C44H29N5O2. The summed E-state index contributed by atoms with van der Waals surface area (Å²) < 4.78 is 12.5. The molecule has 0 saturated carbocycles. The topological polar surface area (TPSA) is 90.7 Å². The summed E-state index contributed by atoms with van der Waals surface area (Å²) in [6.07, 6.45) is 0. The molecule has 9 aromatic rings. The summed E-state index contributed by atoms with van der Waals surface area (Å²) in [5, 5.41) is 0. The van der Waals surface area contributed by atoms with Crippen LogP contribution in [0.5, 0.6) is 0 Å². The molecule has 0 spiro atoms. The van der Waals surface area contributed by atoms with E-state index in [0.717, 1.165) is 38.9 Å². The van der Waals surface area contributed by atoms with Gasteiger partial charge in [-0.3, -0.25) is 0 Å². The predicted molar refractivity (Wildman–Crippen MR) is 200 cm³/mol. The predicted octanol–water partition coefficient (Wildman–Crippen LogP) is 10.8. The van der Waals surface area contributed by atoms with Crippen molar-refractivity contribution in [1.82, 2.24) is 24.9 Å². The maximum absolute atomic E-state index is 6.25. The summed E-state index contributed by atoms with van der Waals surface area (Å²) in [4.78, 5) is 24.9. The van der Waals surface area contributed by atoms with E-state index < -0.39 is 0 Å². The van der Waals surface area contributed by atoms with Gasteiger partial charge in [0.2, 0.25) is 11.8 Å². The smallest absolute Gasteiger partial charge is 0.227 e. The van der Waals surface area contributed by atoms with E-state index >= 15 is 0 Å². The molecule has 242 valence electrons. The van der Waals surface area contributed by atoms with Gasteiger partial charge in [0.05, 0.1) is 0 Å². The van der Waals surface area contributed by atoms with E-state index in [4.69, 9.17) is 33.8 Å². The molecule has 0 bridgehead atoms. The molecule has 7 heteroatoms. The molecule has 0 aliphatic heterocycles. The van der Waals surface area contributed by atoms with E-state index in [0.29, 0.717) is 40.4 Å². The zero-order chi connectivity index (χ0) is 34.1. The van der Waals surface area contributed by atoms with Gasteiger partial charge < -0.3 is 8.83 Å². The van der Waals surface area contributed by atoms with Crippen LogP contribution in [0.4, 0.5) is 0 Å². The quantitative estimate of drug-likeness (QED) is 0.182. The van der Waals surface area contributed by atoms with E-state index in [2.05, 4.69) is 56.3 Å². The fourth-order valence-corrected chi connectivity index (χ4v) is 7.19. The van der Waals surface area contributed by atoms with Gasteiger partial charge in [-0.05, 0) is 70.8 Å². The van der Waals surface area contributed by atoms with Crippen LogP contribution in [-0.4, -0.2) is 24.9 Å². The van der Waals surface area contributed by atoms with Crippen LogP contribution in [0.3, 0.4) is 0 Å². The van der Waals surface area contributed by atoms with Crippen molar-refractivity contribution in [2.45, 2.75) is 19.3 Å². The first-order valence-corrected chi connectivity index (χ1v) is 16.9. The summed E-state index contributed by atoms with van der Waals surface area (Å²) in [6, 6.07) is 46.7. The third kappa shape index (κ3) is 4.85. The third-order valence-corrected chi connectivity index (χ3v) is 9.78. The van der Waals surface area contributed by atoms with Gasteiger partial charge in [-0.2, -0.15) is 0 Å². The van der Waals surface area contributed by atoms with Crippen molar-refractivity contribution >= 4 is 22.2 Å². The monoisotopic (exact) mass is 659 g/mol. The first kappa shape index (κ1) is 29.2. The van der Waals surface area contributed by atoms with E-state index in [-0.39, 0.29) is 5.41 Å². The molecule has 0 radical (unpaired) electrons. The second-order valence-corrected chi connectivity index (χ2v) is 13.4. The molecule has 0 atom stereocenters. The van der Waals surface area contributed by atoms with Crippen LogP contribution in [-0.2, 0) is 5.41 Å². The Morgan fingerprint density at radius 2 is 0.902 bits per heavy atom. The number of hydrogen-bond acceptors (Lipinski definition) is 7. The highest BCUT2D eigenvalue weighted by molar-refractivity contribution is 5.84. The van der Waals surface area contributed by atoms with Crippen molar-refractivity contribution in [2.75, 3.05) is 0 Å². The first-order valence-electron chi connectivity index (χ1n) is 16.9. The Morgan fingerprint density at radius 3 is 1.55 bits per heavy atom. The highest BCUT2D eigenvalue weighted by atomic mass is 16.4. The van der Waals surface area contributed by atoms with Crippen LogP contribution >= 0.6 is 0 Å². The Morgan fingerprint density at radius 1 is 0.392 bits per heavy atom. The van der Waals surface area contributed by atoms with Crippen molar-refractivity contribution in [3.8, 4) is 68.2 Å². The highest BCUT2D eigenvalue weighted by Crippen LogP contribution is 2.49. The second-order valence-electron chi connectivity index (χ2n) is 13.4. The number of fused-ring (bicyclic) bond motifs is 5. The lowest BCUT2D eigenvalue weighted by Crippen LogP contribution is -2.15. The summed E-state index contributed by atoms with van der Waals surface area (Å²) in [5.74, 6) is 2.64. The molecule has 10 rings (SSSR count). The van der Waals surface area contributed by atoms with E-state index in [1.807, 2.05) is 97.1 Å². The van der Waals surface area contributed by atoms with Gasteiger partial charge in [0, 0.05) is 33.2 Å². The summed E-state index contributed by atoms with van der Waals surface area (Å²) in [7, 11) is 0. The number of benzene rings is 6. The van der Waals surface area contributed by atoms with Crippen LogP contribution in [0, 0.1) is 0 Å². The number of hydrogen-bond donors (Lipinski definition) is 0. The summed E-state index contributed by atoms with van der Waals surface area (Å²) in [6.45, 7) is 4.56. The average molecular weight is 660 g/mol. The Hall–Kier alpha value is -6.73. The van der Waals surface area contributed by atoms with Gasteiger partial charge >= 0.3 is 0 Å². The van der Waals surface area contributed by atoms with E-state index in [9.17, 15) is 0 Å². The Kier molecular flexibility index (Phi) is 6.39. The molecule has 0 fully saturated rings. The molecule has 1 aliphatic rings. The summed E-state index contributed by atoms with van der Waals surface area (Å²) >= 11 is 0. The zero-order valence-corrected chi connectivity index (χ0v) is 27.8. The lowest BCUT2D eigenvalue weighted by molar-refractivity contribution is 0.617. The maximum atomic E-state index is 6.25. The van der Waals surface area contributed by atoms with Crippen LogP contribution in [0.25, 0.3) is 90.4 Å². The average Bonchev–Trinajstić information content (AvgIpc) is 3.88. The normalized spacial score (nSPS) is 13.1. The van der Waals surface area contributed by atoms with Gasteiger partial charge in [-0.15, -0.1) is 0 Å². The van der Waals surface area contributed by atoms with Crippen LogP contribution in [0.1, 0.15) is 25.0 Å². The molecule has 6 aromatic carbocycles. The molecular weight excluding hydrogens is 631 g/mol. The molecule has 0 amide bonds. The van der Waals surface area contributed by atoms with Gasteiger partial charge in [-0.25, -0.2) is 24.9 Å². The lowest BCUT2D eigenvalue weighted by Gasteiger charge is -2.21.